The molecule has 0 heteroatoms. The van der Waals surface area contributed by atoms with Crippen LogP contribution in [0, 0.1) is 13.8 Å². The van der Waals surface area contributed by atoms with E-state index in [1.165, 1.54) is 55.7 Å². The van der Waals surface area contributed by atoms with E-state index >= 15 is 0 Å². The van der Waals surface area contributed by atoms with Crippen LogP contribution in [0.4, 0.5) is 0 Å². The minimum Gasteiger partial charge on any atom is -0.0686 e. The molecule has 0 saturated heterocycles. The lowest BCUT2D eigenvalue weighted by Gasteiger charge is -2.43. The Hall–Kier alpha value is -2.86. The average molecular weight is 377 g/mol. The molecule has 2 atom stereocenters. The number of rotatable bonds is 2. The van der Waals surface area contributed by atoms with Crippen LogP contribution < -0.4 is 0 Å². The fourth-order valence-corrected chi connectivity index (χ4v) is 5.73. The molecule has 0 fully saturated rings. The Morgan fingerprint density at radius 3 is 2.31 bits per heavy atom. The van der Waals surface area contributed by atoms with Gasteiger partial charge in [0.1, 0.15) is 0 Å². The number of aryl methyl sites for hydroxylation is 2. The molecule has 0 aromatic heterocycles. The lowest BCUT2D eigenvalue weighted by atomic mass is 9.59. The van der Waals surface area contributed by atoms with Gasteiger partial charge >= 0.3 is 0 Å². The Bertz CT molecular complexity index is 1170. The van der Waals surface area contributed by atoms with Crippen LogP contribution in [0.5, 0.6) is 0 Å². The lowest BCUT2D eigenvalue weighted by Crippen LogP contribution is -2.36. The van der Waals surface area contributed by atoms with Gasteiger partial charge in [-0.3, -0.25) is 0 Å². The molecule has 2 aromatic rings. The Kier molecular flexibility index (Phi) is 3.96. The first-order chi connectivity index (χ1) is 13.9. The molecule has 3 aliphatic rings. The molecule has 5 rings (SSSR count). The zero-order chi connectivity index (χ0) is 20.3. The average Bonchev–Trinajstić information content (AvgIpc) is 3.17. The fraction of sp³-hybridized carbons (Fsp3) is 0.241. The second-order valence-corrected chi connectivity index (χ2v) is 9.00. The molecule has 0 saturated carbocycles. The van der Waals surface area contributed by atoms with Gasteiger partial charge < -0.3 is 0 Å². The van der Waals surface area contributed by atoms with Crippen LogP contribution in [0.2, 0.25) is 0 Å². The van der Waals surface area contributed by atoms with Crippen molar-refractivity contribution in [2.24, 2.45) is 0 Å². The molecule has 0 spiro atoms. The Morgan fingerprint density at radius 2 is 1.55 bits per heavy atom. The van der Waals surface area contributed by atoms with Gasteiger partial charge in [-0.2, -0.15) is 0 Å². The van der Waals surface area contributed by atoms with Gasteiger partial charge in [0.15, 0.2) is 0 Å². The summed E-state index contributed by atoms with van der Waals surface area (Å²) in [7, 11) is 0. The molecule has 0 heterocycles. The van der Waals surface area contributed by atoms with E-state index < -0.39 is 0 Å². The van der Waals surface area contributed by atoms with Crippen molar-refractivity contribution in [3.8, 4) is 0 Å². The van der Waals surface area contributed by atoms with E-state index in [1.807, 2.05) is 0 Å². The summed E-state index contributed by atoms with van der Waals surface area (Å²) in [6.07, 6.45) is 11.9. The summed E-state index contributed by atoms with van der Waals surface area (Å²) in [4.78, 5) is 0. The van der Waals surface area contributed by atoms with Crippen molar-refractivity contribution in [3.63, 3.8) is 0 Å². The van der Waals surface area contributed by atoms with Gasteiger partial charge in [-0.15, -0.1) is 0 Å². The Balaban J connectivity index is 1.84. The van der Waals surface area contributed by atoms with Crippen LogP contribution >= 0.6 is 0 Å². The third-order valence-electron chi connectivity index (χ3n) is 7.01. The maximum Gasteiger partial charge on any atom is 0.0497 e. The molecule has 2 aromatic carbocycles. The molecular formula is C29H28. The zero-order valence-electron chi connectivity index (χ0n) is 18.0. The predicted octanol–water partition coefficient (Wildman–Crippen LogP) is 7.51. The number of hydrogen-bond acceptors (Lipinski definition) is 0. The van der Waals surface area contributed by atoms with Crippen molar-refractivity contribution in [2.45, 2.75) is 46.0 Å². The second kappa shape index (κ2) is 6.32. The highest BCUT2D eigenvalue weighted by molar-refractivity contribution is 5.75. The zero-order valence-corrected chi connectivity index (χ0v) is 18.0. The van der Waals surface area contributed by atoms with E-state index in [0.717, 1.165) is 0 Å². The molecule has 0 bridgehead atoms. The fourth-order valence-electron chi connectivity index (χ4n) is 5.73. The van der Waals surface area contributed by atoms with Crippen molar-refractivity contribution in [1.82, 2.24) is 0 Å². The summed E-state index contributed by atoms with van der Waals surface area (Å²) in [5.74, 6) is 0.310. The minimum atomic E-state index is -0.187. The highest BCUT2D eigenvalue weighted by atomic mass is 14.5. The van der Waals surface area contributed by atoms with Crippen molar-refractivity contribution in [3.05, 3.63) is 122 Å². The van der Waals surface area contributed by atoms with Crippen molar-refractivity contribution >= 4 is 6.08 Å². The summed E-state index contributed by atoms with van der Waals surface area (Å²) in [5, 5.41) is 0. The van der Waals surface area contributed by atoms with Gasteiger partial charge in [-0.1, -0.05) is 89.5 Å². The smallest absolute Gasteiger partial charge is 0.0497 e. The van der Waals surface area contributed by atoms with Crippen LogP contribution in [0.3, 0.4) is 0 Å². The van der Waals surface area contributed by atoms with Crippen LogP contribution in [-0.2, 0) is 5.41 Å². The topological polar surface area (TPSA) is 0 Å². The molecule has 1 unspecified atom stereocenters. The molecule has 0 aliphatic heterocycles. The maximum atomic E-state index is 2.46. The molecular weight excluding hydrogens is 348 g/mol. The van der Waals surface area contributed by atoms with E-state index in [-0.39, 0.29) is 5.41 Å². The first-order valence-electron chi connectivity index (χ1n) is 10.6. The quantitative estimate of drug-likeness (QED) is 0.508. The summed E-state index contributed by atoms with van der Waals surface area (Å²) >= 11 is 0. The molecule has 144 valence electrons. The highest BCUT2D eigenvalue weighted by Gasteiger charge is 2.48. The number of allylic oxidation sites excluding steroid dienone is 9. The first-order valence-corrected chi connectivity index (χ1v) is 10.6. The first kappa shape index (κ1) is 18.2. The number of fused-ring (bicyclic) bond motifs is 2. The van der Waals surface area contributed by atoms with Crippen molar-refractivity contribution in [1.29, 1.82) is 0 Å². The van der Waals surface area contributed by atoms with Gasteiger partial charge in [0.2, 0.25) is 0 Å². The summed E-state index contributed by atoms with van der Waals surface area (Å²) in [6, 6.07) is 16.0. The Labute approximate surface area is 174 Å². The highest BCUT2D eigenvalue weighted by Crippen LogP contribution is 2.58. The molecule has 0 amide bonds. The lowest BCUT2D eigenvalue weighted by molar-refractivity contribution is 0.548. The Morgan fingerprint density at radius 1 is 0.828 bits per heavy atom. The second-order valence-electron chi connectivity index (χ2n) is 9.00. The minimum absolute atomic E-state index is 0.187. The van der Waals surface area contributed by atoms with E-state index in [2.05, 4.69) is 107 Å². The summed E-state index contributed by atoms with van der Waals surface area (Å²) in [5.41, 5.74) is 13.8. The SMILES string of the molecule is CC1=Cc2ccccc2[C@@H]1C1(c2cc(C)cc(C)c2)C=CC=C2C1=CC(C)=C2C. The number of benzene rings is 2. The van der Waals surface area contributed by atoms with E-state index in [1.54, 1.807) is 0 Å². The van der Waals surface area contributed by atoms with E-state index in [4.69, 9.17) is 0 Å². The molecule has 0 radical (unpaired) electrons. The van der Waals surface area contributed by atoms with Gasteiger partial charge in [0.05, 0.1) is 0 Å². The third kappa shape index (κ3) is 2.52. The van der Waals surface area contributed by atoms with Crippen molar-refractivity contribution in [2.75, 3.05) is 0 Å². The number of hydrogen-bond donors (Lipinski definition) is 0. The predicted molar refractivity (Wildman–Crippen MR) is 124 cm³/mol. The molecule has 0 nitrogen and oxygen atoms in total. The van der Waals surface area contributed by atoms with Crippen LogP contribution in [0.15, 0.2) is 94.6 Å². The van der Waals surface area contributed by atoms with Crippen LogP contribution in [-0.4, -0.2) is 0 Å². The maximum absolute atomic E-state index is 2.46. The normalized spacial score (nSPS) is 24.9. The van der Waals surface area contributed by atoms with Gasteiger partial charge in [-0.05, 0) is 73.6 Å². The van der Waals surface area contributed by atoms with Gasteiger partial charge in [0.25, 0.3) is 0 Å². The monoisotopic (exact) mass is 376 g/mol. The largest absolute Gasteiger partial charge is 0.0686 e. The summed E-state index contributed by atoms with van der Waals surface area (Å²) < 4.78 is 0. The van der Waals surface area contributed by atoms with E-state index in [9.17, 15) is 0 Å². The third-order valence-corrected chi connectivity index (χ3v) is 7.01. The molecule has 29 heavy (non-hydrogen) atoms. The van der Waals surface area contributed by atoms with Crippen LogP contribution in [0.25, 0.3) is 6.08 Å². The van der Waals surface area contributed by atoms with E-state index in [0.29, 0.717) is 5.92 Å². The summed E-state index contributed by atoms with van der Waals surface area (Å²) in [6.45, 7) is 11.3. The van der Waals surface area contributed by atoms with Crippen LogP contribution in [0.1, 0.15) is 54.5 Å². The van der Waals surface area contributed by atoms with Crippen molar-refractivity contribution < 1.29 is 0 Å². The van der Waals surface area contributed by atoms with Gasteiger partial charge in [-0.25, -0.2) is 0 Å². The molecule has 0 N–H and O–H groups in total. The standard InChI is InChI=1S/C29H28/c1-18-13-19(2)15-24(14-18)29(12-8-11-25-22(5)20(3)17-27(25)29)28-21(4)16-23-9-6-7-10-26(23)28/h6-17,28H,1-5H3/t28-,29?/m1/s1. The van der Waals surface area contributed by atoms with Gasteiger partial charge in [0, 0.05) is 11.3 Å². The molecule has 3 aliphatic carbocycles.